The first kappa shape index (κ1) is 15.4. The highest BCUT2D eigenvalue weighted by Crippen LogP contribution is 2.29. The van der Waals surface area contributed by atoms with Gasteiger partial charge in [0, 0.05) is 35.2 Å². The molecule has 0 radical (unpaired) electrons. The van der Waals surface area contributed by atoms with E-state index in [1.54, 1.807) is 24.3 Å². The molecule has 23 heavy (non-hydrogen) atoms. The second kappa shape index (κ2) is 6.34. The van der Waals surface area contributed by atoms with Crippen molar-refractivity contribution in [3.63, 3.8) is 0 Å². The molecule has 0 fully saturated rings. The molecule has 120 valence electrons. The number of hydrogen-bond donors (Lipinski definition) is 2. The van der Waals surface area contributed by atoms with Crippen LogP contribution in [0.2, 0.25) is 0 Å². The molecule has 3 N–H and O–H groups in total. The molecule has 3 rings (SSSR count). The third-order valence-corrected chi connectivity index (χ3v) is 4.03. The fourth-order valence-corrected chi connectivity index (χ4v) is 2.88. The van der Waals surface area contributed by atoms with Crippen molar-refractivity contribution >= 4 is 10.9 Å². The fraction of sp³-hybridized carbons (Fsp3) is 0.263. The fourth-order valence-electron chi connectivity index (χ4n) is 2.88. The lowest BCUT2D eigenvalue weighted by molar-refractivity contribution is 0.306. The molecule has 0 aliphatic rings. The molecular formula is C19H22N2O2. The van der Waals surface area contributed by atoms with Crippen molar-refractivity contribution in [3.05, 3.63) is 59.8 Å². The zero-order valence-electron chi connectivity index (χ0n) is 13.5. The lowest BCUT2D eigenvalue weighted by Crippen LogP contribution is -2.00. The number of nitrogens with zero attached hydrogens (tertiary/aromatic N) is 1. The Balaban J connectivity index is 1.97. The smallest absolute Gasteiger partial charge is 0.120 e. The number of fused-ring (bicyclic) bond motifs is 1. The van der Waals surface area contributed by atoms with E-state index in [-0.39, 0.29) is 5.75 Å². The van der Waals surface area contributed by atoms with Crippen molar-refractivity contribution < 1.29 is 9.84 Å². The number of phenols is 1. The van der Waals surface area contributed by atoms with Gasteiger partial charge in [-0.25, -0.2) is 0 Å². The van der Waals surface area contributed by atoms with Crippen LogP contribution >= 0.6 is 0 Å². The summed E-state index contributed by atoms with van der Waals surface area (Å²) in [5.41, 5.74) is 9.36. The number of aromatic nitrogens is 1. The van der Waals surface area contributed by atoms with Crippen molar-refractivity contribution in [2.24, 2.45) is 5.73 Å². The summed E-state index contributed by atoms with van der Waals surface area (Å²) in [6.07, 6.45) is 2.15. The molecule has 0 spiro atoms. The van der Waals surface area contributed by atoms with Gasteiger partial charge in [-0.05, 0) is 49.7 Å². The Labute approximate surface area is 136 Å². The van der Waals surface area contributed by atoms with Crippen LogP contribution in [0.1, 0.15) is 31.0 Å². The maximum atomic E-state index is 9.34. The third-order valence-electron chi connectivity index (χ3n) is 4.03. The van der Waals surface area contributed by atoms with E-state index >= 15 is 0 Å². The van der Waals surface area contributed by atoms with Gasteiger partial charge in [0.1, 0.15) is 18.1 Å². The van der Waals surface area contributed by atoms with Crippen LogP contribution < -0.4 is 10.5 Å². The van der Waals surface area contributed by atoms with Crippen molar-refractivity contribution in [3.8, 4) is 11.5 Å². The number of ether oxygens (including phenoxy) is 1. The Kier molecular flexibility index (Phi) is 4.26. The Hall–Kier alpha value is -2.46. The largest absolute Gasteiger partial charge is 0.508 e. The summed E-state index contributed by atoms with van der Waals surface area (Å²) in [4.78, 5) is 0. The minimum absolute atomic E-state index is 0.235. The summed E-state index contributed by atoms with van der Waals surface area (Å²) in [7, 11) is 0. The molecule has 0 aliphatic carbocycles. The molecule has 2 aromatic carbocycles. The van der Waals surface area contributed by atoms with E-state index in [1.165, 1.54) is 10.9 Å². The summed E-state index contributed by atoms with van der Waals surface area (Å²) >= 11 is 0. The number of benzene rings is 2. The molecule has 4 heteroatoms. The average molecular weight is 310 g/mol. The standard InChI is InChI=1S/C19H22N2O2/c1-13(2)21-11-15(12-23-17-8-6-16(22)7-9-17)19-14(10-20)4-3-5-18(19)21/h3-9,11,13,22H,10,12,20H2,1-2H3. The quantitative estimate of drug-likeness (QED) is 0.749. The van der Waals surface area contributed by atoms with Gasteiger partial charge < -0.3 is 20.1 Å². The van der Waals surface area contributed by atoms with Crippen molar-refractivity contribution in [1.82, 2.24) is 4.57 Å². The van der Waals surface area contributed by atoms with E-state index < -0.39 is 0 Å². The summed E-state index contributed by atoms with van der Waals surface area (Å²) in [5.74, 6) is 0.970. The molecule has 1 aromatic heterocycles. The van der Waals surface area contributed by atoms with E-state index in [0.29, 0.717) is 19.2 Å². The average Bonchev–Trinajstić information content (AvgIpc) is 2.93. The highest BCUT2D eigenvalue weighted by Gasteiger charge is 2.14. The highest BCUT2D eigenvalue weighted by molar-refractivity contribution is 5.87. The molecule has 0 saturated heterocycles. The van der Waals surface area contributed by atoms with E-state index in [2.05, 4.69) is 36.7 Å². The minimum Gasteiger partial charge on any atom is -0.508 e. The molecule has 0 bridgehead atoms. The Morgan fingerprint density at radius 3 is 2.48 bits per heavy atom. The summed E-state index contributed by atoms with van der Waals surface area (Å²) in [5, 5.41) is 10.5. The molecule has 0 atom stereocenters. The van der Waals surface area contributed by atoms with E-state index in [4.69, 9.17) is 10.5 Å². The summed E-state index contributed by atoms with van der Waals surface area (Å²) < 4.78 is 8.14. The molecular weight excluding hydrogens is 288 g/mol. The summed E-state index contributed by atoms with van der Waals surface area (Å²) in [6, 6.07) is 13.4. The highest BCUT2D eigenvalue weighted by atomic mass is 16.5. The molecule has 0 saturated carbocycles. The topological polar surface area (TPSA) is 60.4 Å². The number of rotatable bonds is 5. The SMILES string of the molecule is CC(C)n1cc(COc2ccc(O)cc2)c2c(CN)cccc21. The zero-order chi connectivity index (χ0) is 16.4. The summed E-state index contributed by atoms with van der Waals surface area (Å²) in [6.45, 7) is 5.31. The molecule has 1 heterocycles. The van der Waals surface area contributed by atoms with Crippen molar-refractivity contribution in [1.29, 1.82) is 0 Å². The van der Waals surface area contributed by atoms with Gasteiger partial charge in [0.25, 0.3) is 0 Å². The van der Waals surface area contributed by atoms with Crippen LogP contribution in [0.15, 0.2) is 48.7 Å². The number of nitrogens with two attached hydrogens (primary N) is 1. The number of aromatic hydroxyl groups is 1. The van der Waals surface area contributed by atoms with Gasteiger partial charge in [-0.1, -0.05) is 12.1 Å². The van der Waals surface area contributed by atoms with Crippen LogP contribution in [-0.4, -0.2) is 9.67 Å². The van der Waals surface area contributed by atoms with Gasteiger partial charge in [-0.15, -0.1) is 0 Å². The van der Waals surface area contributed by atoms with Crippen molar-refractivity contribution in [2.75, 3.05) is 0 Å². The van der Waals surface area contributed by atoms with Gasteiger partial charge >= 0.3 is 0 Å². The van der Waals surface area contributed by atoms with E-state index in [0.717, 1.165) is 16.9 Å². The van der Waals surface area contributed by atoms with Gasteiger partial charge in [-0.3, -0.25) is 0 Å². The lowest BCUT2D eigenvalue weighted by atomic mass is 10.1. The Morgan fingerprint density at radius 1 is 1.09 bits per heavy atom. The van der Waals surface area contributed by atoms with Crippen LogP contribution in [0.25, 0.3) is 10.9 Å². The number of hydrogen-bond acceptors (Lipinski definition) is 3. The van der Waals surface area contributed by atoms with Crippen LogP contribution in [0.3, 0.4) is 0 Å². The minimum atomic E-state index is 0.235. The predicted molar refractivity (Wildman–Crippen MR) is 92.7 cm³/mol. The van der Waals surface area contributed by atoms with Gasteiger partial charge in [0.2, 0.25) is 0 Å². The van der Waals surface area contributed by atoms with Gasteiger partial charge in [0.15, 0.2) is 0 Å². The van der Waals surface area contributed by atoms with Crippen LogP contribution in [0, 0.1) is 0 Å². The van der Waals surface area contributed by atoms with E-state index in [1.807, 2.05) is 6.07 Å². The van der Waals surface area contributed by atoms with Gasteiger partial charge in [0.05, 0.1) is 0 Å². The molecule has 0 amide bonds. The van der Waals surface area contributed by atoms with Crippen LogP contribution in [0.5, 0.6) is 11.5 Å². The zero-order valence-corrected chi connectivity index (χ0v) is 13.5. The van der Waals surface area contributed by atoms with Crippen LogP contribution in [0.4, 0.5) is 0 Å². The number of phenolic OH excluding ortho intramolecular Hbond substituents is 1. The van der Waals surface area contributed by atoms with Crippen LogP contribution in [-0.2, 0) is 13.2 Å². The normalized spacial score (nSPS) is 11.3. The first-order chi connectivity index (χ1) is 11.1. The molecule has 0 unspecified atom stereocenters. The molecule has 0 aliphatic heterocycles. The first-order valence-corrected chi connectivity index (χ1v) is 7.83. The molecule has 3 aromatic rings. The maximum absolute atomic E-state index is 9.34. The van der Waals surface area contributed by atoms with Crippen molar-refractivity contribution in [2.45, 2.75) is 33.0 Å². The Morgan fingerprint density at radius 2 is 1.83 bits per heavy atom. The lowest BCUT2D eigenvalue weighted by Gasteiger charge is -2.09. The first-order valence-electron chi connectivity index (χ1n) is 7.83. The third kappa shape index (κ3) is 3.03. The Bertz CT molecular complexity index is 804. The second-order valence-corrected chi connectivity index (χ2v) is 5.95. The maximum Gasteiger partial charge on any atom is 0.120 e. The molecule has 4 nitrogen and oxygen atoms in total. The van der Waals surface area contributed by atoms with E-state index in [9.17, 15) is 5.11 Å². The second-order valence-electron chi connectivity index (χ2n) is 5.95. The predicted octanol–water partition coefficient (Wildman–Crippen LogP) is 3.97. The van der Waals surface area contributed by atoms with Gasteiger partial charge in [-0.2, -0.15) is 0 Å². The monoisotopic (exact) mass is 310 g/mol.